The quantitative estimate of drug-likeness (QED) is 0.429. The van der Waals surface area contributed by atoms with Gasteiger partial charge in [0.1, 0.15) is 0 Å². The SMILES string of the molecule is O=[N+]([O-])c1c(CO)ccnc1Cl. The van der Waals surface area contributed by atoms with E-state index in [9.17, 15) is 10.1 Å². The molecular weight excluding hydrogens is 184 g/mol. The third kappa shape index (κ3) is 1.51. The summed E-state index contributed by atoms with van der Waals surface area (Å²) >= 11 is 5.44. The minimum absolute atomic E-state index is 0.167. The average Bonchev–Trinajstić information content (AvgIpc) is 2.03. The Morgan fingerprint density at radius 2 is 2.42 bits per heavy atom. The van der Waals surface area contributed by atoms with E-state index in [-0.39, 0.29) is 16.4 Å². The highest BCUT2D eigenvalue weighted by Gasteiger charge is 2.18. The number of aromatic nitrogens is 1. The van der Waals surface area contributed by atoms with Gasteiger partial charge in [-0.2, -0.15) is 0 Å². The second-order valence-corrected chi connectivity index (χ2v) is 2.38. The summed E-state index contributed by atoms with van der Waals surface area (Å²) in [5.74, 6) is 0. The monoisotopic (exact) mass is 188 g/mol. The number of aliphatic hydroxyl groups is 1. The molecule has 0 saturated carbocycles. The average molecular weight is 189 g/mol. The van der Waals surface area contributed by atoms with Crippen LogP contribution in [0.4, 0.5) is 5.69 Å². The molecule has 1 aromatic rings. The van der Waals surface area contributed by atoms with E-state index >= 15 is 0 Å². The lowest BCUT2D eigenvalue weighted by Crippen LogP contribution is -1.97. The van der Waals surface area contributed by atoms with Crippen molar-refractivity contribution in [2.45, 2.75) is 6.61 Å². The van der Waals surface area contributed by atoms with E-state index in [2.05, 4.69) is 4.98 Å². The highest BCUT2D eigenvalue weighted by Crippen LogP contribution is 2.25. The zero-order valence-corrected chi connectivity index (χ0v) is 6.65. The molecule has 0 fully saturated rings. The molecule has 0 aliphatic heterocycles. The maximum Gasteiger partial charge on any atom is 0.311 e. The summed E-state index contributed by atoms with van der Waals surface area (Å²) in [6.07, 6.45) is 1.31. The van der Waals surface area contributed by atoms with Gasteiger partial charge in [-0.15, -0.1) is 0 Å². The third-order valence-corrected chi connectivity index (χ3v) is 1.59. The van der Waals surface area contributed by atoms with Crippen LogP contribution in [0, 0.1) is 10.1 Å². The smallest absolute Gasteiger partial charge is 0.311 e. The number of nitrogens with zero attached hydrogens (tertiary/aromatic N) is 2. The fourth-order valence-corrected chi connectivity index (χ4v) is 1.03. The molecule has 12 heavy (non-hydrogen) atoms. The molecule has 0 atom stereocenters. The predicted octanol–water partition coefficient (Wildman–Crippen LogP) is 1.14. The van der Waals surface area contributed by atoms with Gasteiger partial charge in [-0.1, -0.05) is 11.6 Å². The lowest BCUT2D eigenvalue weighted by Gasteiger charge is -1.98. The van der Waals surface area contributed by atoms with Crippen molar-refractivity contribution in [1.29, 1.82) is 0 Å². The van der Waals surface area contributed by atoms with E-state index in [1.165, 1.54) is 12.3 Å². The molecule has 0 bridgehead atoms. The van der Waals surface area contributed by atoms with Crippen molar-refractivity contribution in [1.82, 2.24) is 4.98 Å². The summed E-state index contributed by atoms with van der Waals surface area (Å²) in [6, 6.07) is 1.35. The van der Waals surface area contributed by atoms with Crippen molar-refractivity contribution in [2.24, 2.45) is 0 Å². The maximum atomic E-state index is 10.4. The molecule has 0 amide bonds. The fraction of sp³-hybridized carbons (Fsp3) is 0.167. The molecule has 0 aliphatic carbocycles. The molecule has 1 N–H and O–H groups in total. The number of hydrogen-bond acceptors (Lipinski definition) is 4. The topological polar surface area (TPSA) is 76.3 Å². The van der Waals surface area contributed by atoms with Crippen LogP contribution in [-0.2, 0) is 6.61 Å². The summed E-state index contributed by atoms with van der Waals surface area (Å²) in [6.45, 7) is -0.418. The van der Waals surface area contributed by atoms with Crippen molar-refractivity contribution in [3.63, 3.8) is 0 Å². The van der Waals surface area contributed by atoms with Crippen molar-refractivity contribution >= 4 is 17.3 Å². The number of hydrogen-bond donors (Lipinski definition) is 1. The van der Waals surface area contributed by atoms with Crippen LogP contribution in [0.25, 0.3) is 0 Å². The Bertz CT molecular complexity index is 316. The first-order chi connectivity index (χ1) is 5.66. The Kier molecular flexibility index (Phi) is 2.57. The van der Waals surface area contributed by atoms with Gasteiger partial charge in [-0.05, 0) is 6.07 Å². The second-order valence-electron chi connectivity index (χ2n) is 2.02. The van der Waals surface area contributed by atoms with Crippen LogP contribution < -0.4 is 0 Å². The van der Waals surface area contributed by atoms with Crippen molar-refractivity contribution in [3.8, 4) is 0 Å². The van der Waals surface area contributed by atoms with Crippen LogP contribution >= 0.6 is 11.6 Å². The first-order valence-corrected chi connectivity index (χ1v) is 3.43. The van der Waals surface area contributed by atoms with E-state index in [1.807, 2.05) is 0 Å². The second kappa shape index (κ2) is 3.46. The lowest BCUT2D eigenvalue weighted by molar-refractivity contribution is -0.386. The van der Waals surface area contributed by atoms with E-state index in [1.54, 1.807) is 0 Å². The maximum absolute atomic E-state index is 10.4. The normalized spacial score (nSPS) is 9.83. The number of nitro groups is 1. The predicted molar refractivity (Wildman–Crippen MR) is 41.8 cm³/mol. The van der Waals surface area contributed by atoms with Crippen LogP contribution in [0.3, 0.4) is 0 Å². The van der Waals surface area contributed by atoms with Crippen molar-refractivity contribution < 1.29 is 10.0 Å². The van der Waals surface area contributed by atoms with E-state index in [0.717, 1.165) is 0 Å². The highest BCUT2D eigenvalue weighted by atomic mass is 35.5. The van der Waals surface area contributed by atoms with Crippen LogP contribution in [0.1, 0.15) is 5.56 Å². The van der Waals surface area contributed by atoms with Gasteiger partial charge in [0, 0.05) is 6.20 Å². The van der Waals surface area contributed by atoms with Crippen LogP contribution in [0.5, 0.6) is 0 Å². The van der Waals surface area contributed by atoms with Gasteiger partial charge in [-0.3, -0.25) is 10.1 Å². The molecule has 1 rings (SSSR count). The van der Waals surface area contributed by atoms with Gasteiger partial charge in [0.25, 0.3) is 0 Å². The van der Waals surface area contributed by atoms with Gasteiger partial charge >= 0.3 is 5.69 Å². The summed E-state index contributed by atoms with van der Waals surface area (Å²) in [7, 11) is 0. The molecular formula is C6H5ClN2O3. The highest BCUT2D eigenvalue weighted by molar-refractivity contribution is 6.31. The van der Waals surface area contributed by atoms with E-state index < -0.39 is 11.5 Å². The number of aliphatic hydroxyl groups excluding tert-OH is 1. The third-order valence-electron chi connectivity index (χ3n) is 1.32. The molecule has 0 aromatic carbocycles. The summed E-state index contributed by atoms with van der Waals surface area (Å²) in [5.41, 5.74) is -0.165. The zero-order valence-electron chi connectivity index (χ0n) is 5.90. The molecule has 64 valence electrons. The number of halogens is 1. The summed E-state index contributed by atoms with van der Waals surface area (Å²) < 4.78 is 0. The van der Waals surface area contributed by atoms with Crippen LogP contribution in [0.2, 0.25) is 5.15 Å². The summed E-state index contributed by atoms with van der Waals surface area (Å²) in [5, 5.41) is 18.9. The first-order valence-electron chi connectivity index (χ1n) is 3.05. The van der Waals surface area contributed by atoms with Gasteiger partial charge < -0.3 is 5.11 Å². The number of pyridine rings is 1. The van der Waals surface area contributed by atoms with Crippen molar-refractivity contribution in [3.05, 3.63) is 33.1 Å². The van der Waals surface area contributed by atoms with E-state index in [0.29, 0.717) is 0 Å². The minimum Gasteiger partial charge on any atom is -0.391 e. The lowest BCUT2D eigenvalue weighted by atomic mass is 10.2. The van der Waals surface area contributed by atoms with Gasteiger partial charge in [0.05, 0.1) is 17.1 Å². The zero-order chi connectivity index (χ0) is 9.14. The molecule has 0 saturated heterocycles. The Morgan fingerprint density at radius 3 is 2.83 bits per heavy atom. The first kappa shape index (κ1) is 8.89. The van der Waals surface area contributed by atoms with Gasteiger partial charge in [-0.25, -0.2) is 4.98 Å². The summed E-state index contributed by atoms with van der Waals surface area (Å²) in [4.78, 5) is 13.2. The largest absolute Gasteiger partial charge is 0.391 e. The molecule has 0 unspecified atom stereocenters. The van der Waals surface area contributed by atoms with E-state index in [4.69, 9.17) is 16.7 Å². The van der Waals surface area contributed by atoms with Gasteiger partial charge in [0.15, 0.2) is 0 Å². The molecule has 0 spiro atoms. The molecule has 5 nitrogen and oxygen atoms in total. The Hall–Kier alpha value is -1.20. The van der Waals surface area contributed by atoms with Gasteiger partial charge in [0.2, 0.25) is 5.15 Å². The molecule has 6 heteroatoms. The molecule has 0 radical (unpaired) electrons. The Morgan fingerprint density at radius 1 is 1.75 bits per heavy atom. The Balaban J connectivity index is 3.29. The Labute approximate surface area is 72.8 Å². The number of rotatable bonds is 2. The van der Waals surface area contributed by atoms with Crippen molar-refractivity contribution in [2.75, 3.05) is 0 Å². The molecule has 1 aromatic heterocycles. The molecule has 1 heterocycles. The minimum atomic E-state index is -0.666. The standard InChI is InChI=1S/C6H5ClN2O3/c7-6-5(9(11)12)4(3-10)1-2-8-6/h1-2,10H,3H2. The molecule has 0 aliphatic rings. The van der Waals surface area contributed by atoms with Crippen LogP contribution in [-0.4, -0.2) is 15.0 Å². The fourth-order valence-electron chi connectivity index (χ4n) is 0.785. The van der Waals surface area contributed by atoms with Crippen LogP contribution in [0.15, 0.2) is 12.3 Å².